The van der Waals surface area contributed by atoms with Gasteiger partial charge in [0.25, 0.3) is 0 Å². The van der Waals surface area contributed by atoms with Crippen molar-refractivity contribution in [3.8, 4) is 0 Å². The van der Waals surface area contributed by atoms with Gasteiger partial charge in [-0.15, -0.1) is 0 Å². The van der Waals surface area contributed by atoms with Crippen LogP contribution in [-0.4, -0.2) is 10.2 Å². The summed E-state index contributed by atoms with van der Waals surface area (Å²) >= 11 is 5.77. The molecule has 2 aromatic rings. The third-order valence-corrected chi connectivity index (χ3v) is 3.61. The highest BCUT2D eigenvalue weighted by molar-refractivity contribution is 6.30. The number of aromatic nitrogens is 2. The number of halogens is 2. The second kappa shape index (κ2) is 6.93. The molecule has 0 aliphatic heterocycles. The summed E-state index contributed by atoms with van der Waals surface area (Å²) in [5.41, 5.74) is 5.91. The van der Waals surface area contributed by atoms with Crippen LogP contribution in [0.1, 0.15) is 35.5 Å². The Bertz CT molecular complexity index is 633. The third-order valence-electron chi connectivity index (χ3n) is 3.38. The first kappa shape index (κ1) is 15.8. The predicted octanol–water partition coefficient (Wildman–Crippen LogP) is 2.89. The van der Waals surface area contributed by atoms with Crippen LogP contribution in [-0.2, 0) is 12.8 Å². The van der Waals surface area contributed by atoms with Gasteiger partial charge in [-0.25, -0.2) is 4.39 Å². The molecule has 0 fully saturated rings. The molecular formula is C15H18ClFN4. The highest BCUT2D eigenvalue weighted by Gasteiger charge is 2.18. The van der Waals surface area contributed by atoms with Crippen molar-refractivity contribution in [3.05, 3.63) is 57.6 Å². The molecule has 1 unspecified atom stereocenters. The first-order chi connectivity index (χ1) is 10.0. The Morgan fingerprint density at radius 1 is 1.33 bits per heavy atom. The molecule has 1 heterocycles. The first-order valence-corrected chi connectivity index (χ1v) is 7.16. The van der Waals surface area contributed by atoms with Crippen LogP contribution in [0.4, 0.5) is 4.39 Å². The Labute approximate surface area is 128 Å². The van der Waals surface area contributed by atoms with Gasteiger partial charge in [0.15, 0.2) is 0 Å². The van der Waals surface area contributed by atoms with Gasteiger partial charge in [-0.2, -0.15) is 10.2 Å². The fourth-order valence-electron chi connectivity index (χ4n) is 2.28. The van der Waals surface area contributed by atoms with Crippen molar-refractivity contribution in [2.45, 2.75) is 32.7 Å². The Morgan fingerprint density at radius 3 is 2.71 bits per heavy atom. The molecule has 0 spiro atoms. The number of aryl methyl sites for hydroxylation is 2. The number of hydrogen-bond donors (Lipinski definition) is 2. The summed E-state index contributed by atoms with van der Waals surface area (Å²) in [6.07, 6.45) is 1.15. The summed E-state index contributed by atoms with van der Waals surface area (Å²) in [4.78, 5) is 0. The maximum absolute atomic E-state index is 13.9. The first-order valence-electron chi connectivity index (χ1n) is 6.78. The minimum absolute atomic E-state index is 0.232. The Balaban J connectivity index is 2.34. The maximum Gasteiger partial charge on any atom is 0.127 e. The second-order valence-electron chi connectivity index (χ2n) is 4.90. The van der Waals surface area contributed by atoms with Gasteiger partial charge in [-0.3, -0.25) is 11.3 Å². The molecule has 1 aromatic heterocycles. The van der Waals surface area contributed by atoms with Crippen molar-refractivity contribution in [3.63, 3.8) is 0 Å². The minimum atomic E-state index is -0.334. The molecule has 0 bridgehead atoms. The number of rotatable bonds is 5. The van der Waals surface area contributed by atoms with Crippen LogP contribution in [0.15, 0.2) is 24.3 Å². The predicted molar refractivity (Wildman–Crippen MR) is 81.3 cm³/mol. The van der Waals surface area contributed by atoms with Crippen LogP contribution in [0.3, 0.4) is 0 Å². The molecule has 0 aliphatic rings. The number of hydrazine groups is 1. The molecule has 0 saturated carbocycles. The Morgan fingerprint density at radius 2 is 2.10 bits per heavy atom. The van der Waals surface area contributed by atoms with E-state index in [1.54, 1.807) is 12.1 Å². The van der Waals surface area contributed by atoms with Crippen LogP contribution in [0, 0.1) is 12.7 Å². The summed E-state index contributed by atoms with van der Waals surface area (Å²) in [7, 11) is 0. The number of hydrogen-bond acceptors (Lipinski definition) is 4. The van der Waals surface area contributed by atoms with E-state index in [1.807, 2.05) is 19.9 Å². The molecule has 4 nitrogen and oxygen atoms in total. The van der Waals surface area contributed by atoms with Crippen molar-refractivity contribution in [2.24, 2.45) is 5.84 Å². The summed E-state index contributed by atoms with van der Waals surface area (Å²) in [6, 6.07) is 6.36. The Kier molecular flexibility index (Phi) is 5.22. The molecule has 0 aliphatic carbocycles. The zero-order chi connectivity index (χ0) is 15.4. The second-order valence-corrected chi connectivity index (χ2v) is 5.34. The summed E-state index contributed by atoms with van der Waals surface area (Å²) in [5.74, 6) is 5.33. The van der Waals surface area contributed by atoms with E-state index in [1.165, 1.54) is 6.07 Å². The van der Waals surface area contributed by atoms with E-state index in [9.17, 15) is 4.39 Å². The molecule has 21 heavy (non-hydrogen) atoms. The average molecular weight is 309 g/mol. The fourth-order valence-corrected chi connectivity index (χ4v) is 2.44. The van der Waals surface area contributed by atoms with Gasteiger partial charge in [0.2, 0.25) is 0 Å². The zero-order valence-electron chi connectivity index (χ0n) is 12.0. The topological polar surface area (TPSA) is 63.8 Å². The average Bonchev–Trinajstić information content (AvgIpc) is 2.46. The number of nitrogens with two attached hydrogens (primary N) is 1. The van der Waals surface area contributed by atoms with Gasteiger partial charge < -0.3 is 0 Å². The number of benzene rings is 1. The largest absolute Gasteiger partial charge is 0.271 e. The lowest BCUT2D eigenvalue weighted by Crippen LogP contribution is -2.31. The summed E-state index contributed by atoms with van der Waals surface area (Å²) in [5, 5.41) is 8.62. The zero-order valence-corrected chi connectivity index (χ0v) is 12.8. The molecule has 1 aromatic carbocycles. The molecule has 3 N–H and O–H groups in total. The quantitative estimate of drug-likeness (QED) is 0.658. The van der Waals surface area contributed by atoms with E-state index in [-0.39, 0.29) is 11.9 Å². The standard InChI is InChI=1S/C15H18ClFN4/c1-3-14-12(6-9(2)20-21-14)15(19-18)7-10-4-5-11(16)8-13(10)17/h4-6,8,15,19H,3,7,18H2,1-2H3. The van der Waals surface area contributed by atoms with Crippen molar-refractivity contribution in [1.29, 1.82) is 0 Å². The van der Waals surface area contributed by atoms with Crippen molar-refractivity contribution >= 4 is 11.6 Å². The Hall–Kier alpha value is -1.56. The highest BCUT2D eigenvalue weighted by Crippen LogP contribution is 2.24. The van der Waals surface area contributed by atoms with E-state index in [0.717, 1.165) is 23.4 Å². The monoisotopic (exact) mass is 308 g/mol. The van der Waals surface area contributed by atoms with Gasteiger partial charge in [0.1, 0.15) is 5.82 Å². The lowest BCUT2D eigenvalue weighted by atomic mass is 9.97. The number of nitrogens with one attached hydrogen (secondary N) is 1. The van der Waals surface area contributed by atoms with Crippen molar-refractivity contribution in [1.82, 2.24) is 15.6 Å². The number of nitrogens with zero attached hydrogens (tertiary/aromatic N) is 2. The maximum atomic E-state index is 13.9. The van der Waals surface area contributed by atoms with Crippen molar-refractivity contribution in [2.75, 3.05) is 0 Å². The van der Waals surface area contributed by atoms with Gasteiger partial charge >= 0.3 is 0 Å². The van der Waals surface area contributed by atoms with E-state index in [0.29, 0.717) is 17.0 Å². The van der Waals surface area contributed by atoms with Gasteiger partial charge in [-0.1, -0.05) is 24.6 Å². The van der Waals surface area contributed by atoms with Gasteiger partial charge in [0.05, 0.1) is 17.4 Å². The van der Waals surface area contributed by atoms with Crippen molar-refractivity contribution < 1.29 is 4.39 Å². The van der Waals surface area contributed by atoms with E-state index >= 15 is 0 Å². The van der Waals surface area contributed by atoms with E-state index in [4.69, 9.17) is 17.4 Å². The molecule has 0 amide bonds. The summed E-state index contributed by atoms with van der Waals surface area (Å²) < 4.78 is 13.9. The molecule has 0 radical (unpaired) electrons. The molecular weight excluding hydrogens is 291 g/mol. The smallest absolute Gasteiger partial charge is 0.127 e. The van der Waals surface area contributed by atoms with Gasteiger partial charge in [-0.05, 0) is 49.1 Å². The summed E-state index contributed by atoms with van der Waals surface area (Å²) in [6.45, 7) is 3.87. The van der Waals surface area contributed by atoms with Crippen LogP contribution in [0.2, 0.25) is 5.02 Å². The van der Waals surface area contributed by atoms with Crippen LogP contribution in [0.25, 0.3) is 0 Å². The SMILES string of the molecule is CCc1nnc(C)cc1C(Cc1ccc(Cl)cc1F)NN. The fraction of sp³-hybridized carbons (Fsp3) is 0.333. The minimum Gasteiger partial charge on any atom is -0.271 e. The third kappa shape index (κ3) is 3.75. The molecule has 1 atom stereocenters. The molecule has 0 saturated heterocycles. The van der Waals surface area contributed by atoms with Crippen LogP contribution >= 0.6 is 11.6 Å². The van der Waals surface area contributed by atoms with Crippen LogP contribution < -0.4 is 11.3 Å². The molecule has 112 valence electrons. The lowest BCUT2D eigenvalue weighted by Gasteiger charge is -2.19. The normalized spacial score (nSPS) is 12.4. The highest BCUT2D eigenvalue weighted by atomic mass is 35.5. The van der Waals surface area contributed by atoms with E-state index in [2.05, 4.69) is 15.6 Å². The molecule has 2 rings (SSSR count). The van der Waals surface area contributed by atoms with Crippen LogP contribution in [0.5, 0.6) is 0 Å². The molecule has 6 heteroatoms. The lowest BCUT2D eigenvalue weighted by molar-refractivity contribution is 0.522. The van der Waals surface area contributed by atoms with E-state index < -0.39 is 0 Å². The van der Waals surface area contributed by atoms with Gasteiger partial charge in [0, 0.05) is 5.02 Å².